The zero-order valence-electron chi connectivity index (χ0n) is 12.4. The summed E-state index contributed by atoms with van der Waals surface area (Å²) < 4.78 is 31.3. The fourth-order valence-electron chi connectivity index (χ4n) is 2.57. The first-order chi connectivity index (χ1) is 9.98. The second-order valence-electron chi connectivity index (χ2n) is 5.22. The SMILES string of the molecule is CCc1ccc(S(=O)(=O)N2CCC[C@H](C(=O)OC)C2)cc1. The summed E-state index contributed by atoms with van der Waals surface area (Å²) in [4.78, 5) is 11.9. The van der Waals surface area contributed by atoms with Crippen LogP contribution >= 0.6 is 0 Å². The molecule has 1 aliphatic rings. The van der Waals surface area contributed by atoms with Gasteiger partial charge >= 0.3 is 5.97 Å². The molecular formula is C15H21NO4S. The first-order valence-electron chi connectivity index (χ1n) is 7.16. The summed E-state index contributed by atoms with van der Waals surface area (Å²) in [7, 11) is -2.20. The van der Waals surface area contributed by atoms with E-state index in [-0.39, 0.29) is 23.3 Å². The molecule has 21 heavy (non-hydrogen) atoms. The third-order valence-corrected chi connectivity index (χ3v) is 5.77. The number of esters is 1. The number of piperidine rings is 1. The van der Waals surface area contributed by atoms with Crippen molar-refractivity contribution in [3.8, 4) is 0 Å². The molecule has 0 N–H and O–H groups in total. The van der Waals surface area contributed by atoms with Gasteiger partial charge in [0.05, 0.1) is 17.9 Å². The van der Waals surface area contributed by atoms with E-state index in [0.717, 1.165) is 12.0 Å². The Kier molecular flexibility index (Phi) is 5.00. The maximum Gasteiger partial charge on any atom is 0.309 e. The average Bonchev–Trinajstić information content (AvgIpc) is 2.54. The highest BCUT2D eigenvalue weighted by Crippen LogP contribution is 2.24. The third kappa shape index (κ3) is 3.44. The molecule has 116 valence electrons. The van der Waals surface area contributed by atoms with Crippen molar-refractivity contribution in [2.75, 3.05) is 20.2 Å². The van der Waals surface area contributed by atoms with E-state index in [0.29, 0.717) is 19.4 Å². The number of hydrogen-bond donors (Lipinski definition) is 0. The van der Waals surface area contributed by atoms with Crippen LogP contribution in [0.3, 0.4) is 0 Å². The molecule has 0 radical (unpaired) electrons. The maximum atomic E-state index is 12.6. The van der Waals surface area contributed by atoms with Gasteiger partial charge in [0.15, 0.2) is 0 Å². The van der Waals surface area contributed by atoms with Gasteiger partial charge in [-0.25, -0.2) is 8.42 Å². The van der Waals surface area contributed by atoms with Crippen LogP contribution in [0.2, 0.25) is 0 Å². The number of hydrogen-bond acceptors (Lipinski definition) is 4. The molecule has 1 aromatic carbocycles. The van der Waals surface area contributed by atoms with Crippen molar-refractivity contribution in [3.05, 3.63) is 29.8 Å². The molecule has 1 aromatic rings. The lowest BCUT2D eigenvalue weighted by Gasteiger charge is -2.30. The van der Waals surface area contributed by atoms with Gasteiger partial charge in [-0.2, -0.15) is 4.31 Å². The van der Waals surface area contributed by atoms with Crippen LogP contribution in [0.15, 0.2) is 29.2 Å². The Balaban J connectivity index is 2.19. The molecule has 1 aliphatic heterocycles. The molecule has 0 aliphatic carbocycles. The van der Waals surface area contributed by atoms with E-state index in [4.69, 9.17) is 4.74 Å². The highest BCUT2D eigenvalue weighted by Gasteiger charge is 2.33. The summed E-state index contributed by atoms with van der Waals surface area (Å²) in [6.07, 6.45) is 2.22. The quantitative estimate of drug-likeness (QED) is 0.796. The number of sulfonamides is 1. The van der Waals surface area contributed by atoms with Crippen molar-refractivity contribution in [1.82, 2.24) is 4.31 Å². The number of rotatable bonds is 4. The van der Waals surface area contributed by atoms with Crippen molar-refractivity contribution < 1.29 is 17.9 Å². The minimum absolute atomic E-state index is 0.199. The minimum Gasteiger partial charge on any atom is -0.469 e. The summed E-state index contributed by atoms with van der Waals surface area (Å²) in [6.45, 7) is 2.67. The van der Waals surface area contributed by atoms with E-state index in [1.165, 1.54) is 11.4 Å². The Bertz CT molecular complexity index is 595. The monoisotopic (exact) mass is 311 g/mol. The number of nitrogens with zero attached hydrogens (tertiary/aromatic N) is 1. The van der Waals surface area contributed by atoms with Gasteiger partial charge in [-0.05, 0) is 37.0 Å². The van der Waals surface area contributed by atoms with E-state index < -0.39 is 10.0 Å². The topological polar surface area (TPSA) is 63.7 Å². The van der Waals surface area contributed by atoms with Crippen LogP contribution in [0.4, 0.5) is 0 Å². The highest BCUT2D eigenvalue weighted by atomic mass is 32.2. The van der Waals surface area contributed by atoms with Crippen LogP contribution in [0, 0.1) is 5.92 Å². The third-order valence-electron chi connectivity index (χ3n) is 3.89. The second kappa shape index (κ2) is 6.58. The molecular weight excluding hydrogens is 290 g/mol. The van der Waals surface area contributed by atoms with Gasteiger partial charge in [-0.15, -0.1) is 0 Å². The first-order valence-corrected chi connectivity index (χ1v) is 8.60. The number of carbonyl (C=O) groups excluding carboxylic acids is 1. The molecule has 0 bridgehead atoms. The van der Waals surface area contributed by atoms with E-state index in [1.807, 2.05) is 19.1 Å². The van der Waals surface area contributed by atoms with Crippen molar-refractivity contribution in [2.45, 2.75) is 31.1 Å². The fourth-order valence-corrected chi connectivity index (χ4v) is 4.09. The van der Waals surface area contributed by atoms with Crippen molar-refractivity contribution in [1.29, 1.82) is 0 Å². The van der Waals surface area contributed by atoms with Crippen LogP contribution in [0.1, 0.15) is 25.3 Å². The molecule has 1 saturated heterocycles. The minimum atomic E-state index is -3.54. The largest absolute Gasteiger partial charge is 0.469 e. The Morgan fingerprint density at radius 1 is 1.33 bits per heavy atom. The van der Waals surface area contributed by atoms with Gasteiger partial charge < -0.3 is 4.74 Å². The van der Waals surface area contributed by atoms with E-state index in [9.17, 15) is 13.2 Å². The lowest BCUT2D eigenvalue weighted by Crippen LogP contribution is -2.42. The zero-order chi connectivity index (χ0) is 15.5. The number of carbonyl (C=O) groups is 1. The number of benzene rings is 1. The predicted molar refractivity (Wildman–Crippen MR) is 79.3 cm³/mol. The van der Waals surface area contributed by atoms with Crippen LogP contribution in [-0.4, -0.2) is 38.9 Å². The highest BCUT2D eigenvalue weighted by molar-refractivity contribution is 7.89. The smallest absolute Gasteiger partial charge is 0.309 e. The summed E-state index contributed by atoms with van der Waals surface area (Å²) in [5, 5.41) is 0. The predicted octanol–water partition coefficient (Wildman–Crippen LogP) is 1.82. The summed E-state index contributed by atoms with van der Waals surface area (Å²) in [6, 6.07) is 6.93. The number of methoxy groups -OCH3 is 1. The normalized spacial score (nSPS) is 20.2. The lowest BCUT2D eigenvalue weighted by molar-refractivity contribution is -0.146. The Morgan fingerprint density at radius 2 is 2.00 bits per heavy atom. The van der Waals surface area contributed by atoms with Gasteiger partial charge in [0.2, 0.25) is 10.0 Å². The molecule has 1 atom stereocenters. The summed E-state index contributed by atoms with van der Waals surface area (Å²) in [5.74, 6) is -0.704. The Hall–Kier alpha value is -1.40. The molecule has 0 saturated carbocycles. The van der Waals surface area contributed by atoms with Crippen LogP contribution < -0.4 is 0 Å². The van der Waals surface area contributed by atoms with Gasteiger partial charge in [0, 0.05) is 13.1 Å². The first kappa shape index (κ1) is 16.0. The maximum absolute atomic E-state index is 12.6. The van der Waals surface area contributed by atoms with E-state index in [2.05, 4.69) is 0 Å². The number of aryl methyl sites for hydroxylation is 1. The van der Waals surface area contributed by atoms with Gasteiger partial charge in [0.1, 0.15) is 0 Å². The van der Waals surface area contributed by atoms with Crippen molar-refractivity contribution in [2.24, 2.45) is 5.92 Å². The van der Waals surface area contributed by atoms with E-state index >= 15 is 0 Å². The molecule has 0 amide bonds. The Labute approximate surface area is 126 Å². The van der Waals surface area contributed by atoms with Gasteiger partial charge in [0.25, 0.3) is 0 Å². The second-order valence-corrected chi connectivity index (χ2v) is 7.16. The summed E-state index contributed by atoms with van der Waals surface area (Å²) >= 11 is 0. The molecule has 0 spiro atoms. The average molecular weight is 311 g/mol. The van der Waals surface area contributed by atoms with Crippen LogP contribution in [0.5, 0.6) is 0 Å². The van der Waals surface area contributed by atoms with Crippen molar-refractivity contribution >= 4 is 16.0 Å². The molecule has 1 heterocycles. The van der Waals surface area contributed by atoms with Crippen LogP contribution in [-0.2, 0) is 26.0 Å². The molecule has 1 fully saturated rings. The van der Waals surface area contributed by atoms with Gasteiger partial charge in [-0.3, -0.25) is 4.79 Å². The van der Waals surface area contributed by atoms with Gasteiger partial charge in [-0.1, -0.05) is 19.1 Å². The Morgan fingerprint density at radius 3 is 2.57 bits per heavy atom. The molecule has 0 unspecified atom stereocenters. The van der Waals surface area contributed by atoms with Crippen molar-refractivity contribution in [3.63, 3.8) is 0 Å². The van der Waals surface area contributed by atoms with Crippen LogP contribution in [0.25, 0.3) is 0 Å². The molecule has 5 nitrogen and oxygen atoms in total. The summed E-state index contributed by atoms with van der Waals surface area (Å²) in [5.41, 5.74) is 1.10. The van der Waals surface area contributed by atoms with E-state index in [1.54, 1.807) is 12.1 Å². The lowest BCUT2D eigenvalue weighted by atomic mass is 10.0. The molecule has 0 aromatic heterocycles. The fraction of sp³-hybridized carbons (Fsp3) is 0.533. The molecule has 6 heteroatoms. The number of ether oxygens (including phenoxy) is 1. The molecule has 2 rings (SSSR count). The standard InChI is InChI=1S/C15H21NO4S/c1-3-12-6-8-14(9-7-12)21(18,19)16-10-4-5-13(11-16)15(17)20-2/h6-9,13H,3-5,10-11H2,1-2H3/t13-/m0/s1. The zero-order valence-corrected chi connectivity index (χ0v) is 13.2.